The van der Waals surface area contributed by atoms with Crippen LogP contribution >= 0.6 is 23.2 Å². The van der Waals surface area contributed by atoms with Crippen LogP contribution in [0.15, 0.2) is 54.9 Å². The van der Waals surface area contributed by atoms with Crippen LogP contribution in [0, 0.1) is 0 Å². The summed E-state index contributed by atoms with van der Waals surface area (Å²) >= 11 is 11.9. The number of benzene rings is 2. The molecule has 2 aromatic heterocycles. The van der Waals surface area contributed by atoms with Gasteiger partial charge >= 0.3 is 0 Å². The fraction of sp³-hybridized carbons (Fsp3) is 0.0588. The molecule has 0 atom stereocenters. The van der Waals surface area contributed by atoms with Gasteiger partial charge in [0.25, 0.3) is 0 Å². The summed E-state index contributed by atoms with van der Waals surface area (Å²) in [6.45, 7) is 0.659. The predicted octanol–water partition coefficient (Wildman–Crippen LogP) is 4.78. The van der Waals surface area contributed by atoms with Gasteiger partial charge in [-0.15, -0.1) is 0 Å². The van der Waals surface area contributed by atoms with Gasteiger partial charge < -0.3 is 4.98 Å². The standard InChI is InChI=1S/C17H12Cl2N4/c18-13-4-5-15-16(7-13)22-17(21-15)12-3-1-2-11(6-12)9-23-10-14(19)8-20-23/h1-8,10H,9H2,(H,21,22). The van der Waals surface area contributed by atoms with E-state index in [1.54, 1.807) is 17.1 Å². The van der Waals surface area contributed by atoms with E-state index in [9.17, 15) is 0 Å². The Morgan fingerprint density at radius 1 is 1.04 bits per heavy atom. The smallest absolute Gasteiger partial charge is 0.138 e. The quantitative estimate of drug-likeness (QED) is 0.582. The molecule has 0 spiro atoms. The van der Waals surface area contributed by atoms with Gasteiger partial charge in [0.2, 0.25) is 0 Å². The molecule has 0 aliphatic carbocycles. The molecule has 0 radical (unpaired) electrons. The minimum Gasteiger partial charge on any atom is -0.338 e. The number of nitrogens with one attached hydrogen (secondary N) is 1. The highest BCUT2D eigenvalue weighted by Crippen LogP contribution is 2.23. The van der Waals surface area contributed by atoms with Crippen LogP contribution in [0.3, 0.4) is 0 Å². The van der Waals surface area contributed by atoms with Crippen LogP contribution in [-0.2, 0) is 6.54 Å². The van der Waals surface area contributed by atoms with Gasteiger partial charge in [-0.1, -0.05) is 41.4 Å². The molecule has 2 heterocycles. The Kier molecular flexibility index (Phi) is 3.56. The first-order valence-corrected chi connectivity index (χ1v) is 7.85. The fourth-order valence-electron chi connectivity index (χ4n) is 2.55. The Morgan fingerprint density at radius 2 is 1.96 bits per heavy atom. The molecule has 2 aromatic carbocycles. The minimum atomic E-state index is 0.635. The van der Waals surface area contributed by atoms with Gasteiger partial charge in [0.05, 0.1) is 28.8 Å². The van der Waals surface area contributed by atoms with E-state index in [1.165, 1.54) is 0 Å². The Labute approximate surface area is 142 Å². The zero-order chi connectivity index (χ0) is 15.8. The molecule has 0 saturated heterocycles. The van der Waals surface area contributed by atoms with Crippen molar-refractivity contribution in [1.82, 2.24) is 19.7 Å². The molecule has 4 aromatic rings. The number of nitrogens with zero attached hydrogens (tertiary/aromatic N) is 3. The van der Waals surface area contributed by atoms with E-state index in [1.807, 2.05) is 30.3 Å². The van der Waals surface area contributed by atoms with E-state index in [0.717, 1.165) is 28.0 Å². The maximum atomic E-state index is 6.02. The number of rotatable bonds is 3. The fourth-order valence-corrected chi connectivity index (χ4v) is 2.88. The lowest BCUT2D eigenvalue weighted by Gasteiger charge is -2.04. The van der Waals surface area contributed by atoms with Gasteiger partial charge in [-0.2, -0.15) is 5.10 Å². The largest absolute Gasteiger partial charge is 0.338 e. The summed E-state index contributed by atoms with van der Waals surface area (Å²) in [5.74, 6) is 0.822. The van der Waals surface area contributed by atoms with E-state index >= 15 is 0 Å². The highest BCUT2D eigenvalue weighted by atomic mass is 35.5. The van der Waals surface area contributed by atoms with E-state index < -0.39 is 0 Å². The third kappa shape index (κ3) is 2.96. The van der Waals surface area contributed by atoms with Gasteiger partial charge in [0, 0.05) is 16.8 Å². The van der Waals surface area contributed by atoms with Crippen molar-refractivity contribution in [2.24, 2.45) is 0 Å². The van der Waals surface area contributed by atoms with E-state index in [2.05, 4.69) is 27.2 Å². The van der Waals surface area contributed by atoms with Crippen LogP contribution < -0.4 is 0 Å². The Balaban J connectivity index is 1.69. The van der Waals surface area contributed by atoms with E-state index in [4.69, 9.17) is 23.2 Å². The number of H-pyrrole nitrogens is 1. The van der Waals surface area contributed by atoms with Gasteiger partial charge in [-0.3, -0.25) is 4.68 Å². The molecule has 0 bridgehead atoms. The summed E-state index contributed by atoms with van der Waals surface area (Å²) in [5, 5.41) is 5.53. The maximum absolute atomic E-state index is 6.02. The molecule has 0 aliphatic heterocycles. The average Bonchev–Trinajstić information content (AvgIpc) is 3.13. The van der Waals surface area contributed by atoms with Crippen molar-refractivity contribution in [2.75, 3.05) is 0 Å². The van der Waals surface area contributed by atoms with Gasteiger partial charge in [-0.25, -0.2) is 4.98 Å². The second-order valence-electron chi connectivity index (χ2n) is 5.30. The predicted molar refractivity (Wildman–Crippen MR) is 92.9 cm³/mol. The zero-order valence-corrected chi connectivity index (χ0v) is 13.5. The number of imidazole rings is 1. The highest BCUT2D eigenvalue weighted by molar-refractivity contribution is 6.31. The summed E-state index contributed by atoms with van der Waals surface area (Å²) in [4.78, 5) is 7.93. The molecule has 0 unspecified atom stereocenters. The molecule has 4 rings (SSSR count). The number of hydrogen-bond acceptors (Lipinski definition) is 2. The van der Waals surface area contributed by atoms with Crippen molar-refractivity contribution in [3.63, 3.8) is 0 Å². The monoisotopic (exact) mass is 342 g/mol. The van der Waals surface area contributed by atoms with Crippen LogP contribution in [0.4, 0.5) is 0 Å². The van der Waals surface area contributed by atoms with Crippen molar-refractivity contribution in [3.05, 3.63) is 70.5 Å². The Hall–Kier alpha value is -2.30. The normalized spacial score (nSPS) is 11.2. The second kappa shape index (κ2) is 5.72. The summed E-state index contributed by atoms with van der Waals surface area (Å²) < 4.78 is 1.81. The topological polar surface area (TPSA) is 46.5 Å². The van der Waals surface area contributed by atoms with Gasteiger partial charge in [0.15, 0.2) is 0 Å². The van der Waals surface area contributed by atoms with Crippen molar-refractivity contribution in [2.45, 2.75) is 6.54 Å². The Morgan fingerprint density at radius 3 is 2.78 bits per heavy atom. The molecule has 114 valence electrons. The number of hydrogen-bond donors (Lipinski definition) is 1. The minimum absolute atomic E-state index is 0.635. The maximum Gasteiger partial charge on any atom is 0.138 e. The van der Waals surface area contributed by atoms with E-state index in [0.29, 0.717) is 16.6 Å². The number of aromatic nitrogens is 4. The summed E-state index contributed by atoms with van der Waals surface area (Å²) in [7, 11) is 0. The molecule has 4 nitrogen and oxygen atoms in total. The summed E-state index contributed by atoms with van der Waals surface area (Å²) in [6.07, 6.45) is 3.44. The molecular weight excluding hydrogens is 331 g/mol. The number of aromatic amines is 1. The lowest BCUT2D eigenvalue weighted by Crippen LogP contribution is -1.99. The number of fused-ring (bicyclic) bond motifs is 1. The molecule has 0 amide bonds. The van der Waals surface area contributed by atoms with Crippen LogP contribution in [0.5, 0.6) is 0 Å². The van der Waals surface area contributed by atoms with Crippen LogP contribution in [-0.4, -0.2) is 19.7 Å². The molecule has 23 heavy (non-hydrogen) atoms. The third-order valence-electron chi connectivity index (χ3n) is 3.59. The molecule has 6 heteroatoms. The van der Waals surface area contributed by atoms with Gasteiger partial charge in [0.1, 0.15) is 5.82 Å². The lowest BCUT2D eigenvalue weighted by molar-refractivity contribution is 0.687. The average molecular weight is 343 g/mol. The van der Waals surface area contributed by atoms with Gasteiger partial charge in [-0.05, 0) is 29.8 Å². The van der Waals surface area contributed by atoms with E-state index in [-0.39, 0.29) is 0 Å². The van der Waals surface area contributed by atoms with Crippen LogP contribution in [0.1, 0.15) is 5.56 Å². The zero-order valence-electron chi connectivity index (χ0n) is 12.0. The molecule has 1 N–H and O–H groups in total. The number of halogens is 2. The van der Waals surface area contributed by atoms with Crippen molar-refractivity contribution >= 4 is 34.2 Å². The SMILES string of the molecule is Clc1ccc2nc(-c3cccc(Cn4cc(Cl)cn4)c3)[nH]c2c1. The second-order valence-corrected chi connectivity index (χ2v) is 6.18. The first-order chi connectivity index (χ1) is 11.2. The summed E-state index contributed by atoms with van der Waals surface area (Å²) in [6, 6.07) is 13.8. The highest BCUT2D eigenvalue weighted by Gasteiger charge is 2.07. The van der Waals surface area contributed by atoms with Crippen molar-refractivity contribution < 1.29 is 0 Å². The van der Waals surface area contributed by atoms with Crippen molar-refractivity contribution in [1.29, 1.82) is 0 Å². The first-order valence-electron chi connectivity index (χ1n) is 7.10. The lowest BCUT2D eigenvalue weighted by atomic mass is 10.1. The summed E-state index contributed by atoms with van der Waals surface area (Å²) in [5.41, 5.74) is 3.97. The first kappa shape index (κ1) is 14.3. The third-order valence-corrected chi connectivity index (χ3v) is 4.02. The molecular formula is C17H12Cl2N4. The molecule has 0 fully saturated rings. The van der Waals surface area contributed by atoms with Crippen LogP contribution in [0.2, 0.25) is 10.0 Å². The van der Waals surface area contributed by atoms with Crippen LogP contribution in [0.25, 0.3) is 22.4 Å². The molecule has 0 saturated carbocycles. The Bertz CT molecular complexity index is 987. The molecule has 0 aliphatic rings. The van der Waals surface area contributed by atoms with Crippen molar-refractivity contribution in [3.8, 4) is 11.4 Å².